The van der Waals surface area contributed by atoms with Gasteiger partial charge in [0.05, 0.1) is 5.75 Å². The molecule has 21 heavy (non-hydrogen) atoms. The van der Waals surface area contributed by atoms with E-state index >= 15 is 0 Å². The van der Waals surface area contributed by atoms with Gasteiger partial charge in [0.1, 0.15) is 5.82 Å². The molecule has 118 valence electrons. The molecule has 1 aliphatic rings. The topological polar surface area (TPSA) is 55.4 Å². The maximum Gasteiger partial charge on any atom is 0.212 e. The Kier molecular flexibility index (Phi) is 5.72. The lowest BCUT2D eigenvalue weighted by molar-refractivity contribution is 0.0723. The zero-order valence-electron chi connectivity index (χ0n) is 12.2. The highest BCUT2D eigenvalue weighted by Crippen LogP contribution is 2.16. The van der Waals surface area contributed by atoms with E-state index in [1.165, 1.54) is 12.1 Å². The number of hydrogen-bond acceptors (Lipinski definition) is 3. The van der Waals surface area contributed by atoms with E-state index in [1.807, 2.05) is 0 Å². The Morgan fingerprint density at radius 1 is 1.38 bits per heavy atom. The Morgan fingerprint density at radius 2 is 2.10 bits per heavy atom. The van der Waals surface area contributed by atoms with Crippen LogP contribution in [0.2, 0.25) is 0 Å². The first-order valence-corrected chi connectivity index (χ1v) is 8.92. The van der Waals surface area contributed by atoms with Gasteiger partial charge in [0.15, 0.2) is 0 Å². The summed E-state index contributed by atoms with van der Waals surface area (Å²) in [6.45, 7) is 3.07. The summed E-state index contributed by atoms with van der Waals surface area (Å²) in [5.74, 6) is 0.00603. The maximum absolute atomic E-state index is 13.1. The van der Waals surface area contributed by atoms with Crippen molar-refractivity contribution in [3.8, 4) is 0 Å². The predicted octanol–water partition coefficient (Wildman–Crippen LogP) is 2.10. The van der Waals surface area contributed by atoms with Crippen molar-refractivity contribution in [2.75, 3.05) is 19.0 Å². The molecule has 1 saturated heterocycles. The first-order valence-electron chi connectivity index (χ1n) is 7.27. The minimum Gasteiger partial charge on any atom is -0.381 e. The fourth-order valence-electron chi connectivity index (χ4n) is 2.64. The Bertz CT molecular complexity index is 556. The molecule has 0 spiro atoms. The van der Waals surface area contributed by atoms with Gasteiger partial charge in [-0.25, -0.2) is 17.5 Å². The highest BCUT2D eigenvalue weighted by molar-refractivity contribution is 7.89. The van der Waals surface area contributed by atoms with E-state index in [4.69, 9.17) is 4.74 Å². The van der Waals surface area contributed by atoms with Crippen LogP contribution in [0.3, 0.4) is 0 Å². The second-order valence-electron chi connectivity index (χ2n) is 5.69. The van der Waals surface area contributed by atoms with Crippen molar-refractivity contribution in [3.05, 3.63) is 35.6 Å². The smallest absolute Gasteiger partial charge is 0.212 e. The zero-order chi connectivity index (χ0) is 15.3. The van der Waals surface area contributed by atoms with Crippen LogP contribution in [0.15, 0.2) is 24.3 Å². The molecule has 1 aromatic carbocycles. The summed E-state index contributed by atoms with van der Waals surface area (Å²) in [5.41, 5.74) is 0.788. The molecule has 1 fully saturated rings. The highest BCUT2D eigenvalue weighted by Gasteiger charge is 2.23. The third kappa shape index (κ3) is 5.73. The molecule has 1 N–H and O–H groups in total. The molecule has 1 atom stereocenters. The average Bonchev–Trinajstić information content (AvgIpc) is 2.38. The van der Waals surface area contributed by atoms with Gasteiger partial charge in [-0.3, -0.25) is 0 Å². The standard InChI is InChI=1S/C15H22FNO3S/c1-12(9-14-3-2-4-15(16)10-14)17-21(18,19)11-13-5-7-20-8-6-13/h2-4,10,12-13,17H,5-9,11H2,1H3/t12-/m0/s1. The SMILES string of the molecule is C[C@@H](Cc1cccc(F)c1)NS(=O)(=O)CC1CCOCC1. The molecule has 1 aromatic rings. The molecular formula is C15H22FNO3S. The lowest BCUT2D eigenvalue weighted by atomic mass is 10.0. The maximum atomic E-state index is 13.1. The third-order valence-electron chi connectivity index (χ3n) is 3.61. The van der Waals surface area contributed by atoms with Gasteiger partial charge in [0.2, 0.25) is 10.0 Å². The fourth-order valence-corrected chi connectivity index (χ4v) is 4.38. The molecule has 0 radical (unpaired) electrons. The van der Waals surface area contributed by atoms with Crippen LogP contribution in [0.1, 0.15) is 25.3 Å². The summed E-state index contributed by atoms with van der Waals surface area (Å²) < 4.78 is 45.3. The Hall–Kier alpha value is -0.980. The molecule has 1 aliphatic heterocycles. The Morgan fingerprint density at radius 3 is 2.76 bits per heavy atom. The van der Waals surface area contributed by atoms with Crippen LogP contribution < -0.4 is 4.72 Å². The van der Waals surface area contributed by atoms with Crippen LogP contribution in [-0.2, 0) is 21.2 Å². The first-order chi connectivity index (χ1) is 9.94. The van der Waals surface area contributed by atoms with Crippen LogP contribution in [-0.4, -0.2) is 33.4 Å². The summed E-state index contributed by atoms with van der Waals surface area (Å²) in [6.07, 6.45) is 2.06. The van der Waals surface area contributed by atoms with Crippen molar-refractivity contribution in [1.29, 1.82) is 0 Å². The van der Waals surface area contributed by atoms with Crippen molar-refractivity contribution in [2.24, 2.45) is 5.92 Å². The summed E-state index contributed by atoms with van der Waals surface area (Å²) in [4.78, 5) is 0. The van der Waals surface area contributed by atoms with Gasteiger partial charge in [0, 0.05) is 19.3 Å². The summed E-state index contributed by atoms with van der Waals surface area (Å²) in [6, 6.07) is 5.99. The van der Waals surface area contributed by atoms with Gasteiger partial charge < -0.3 is 4.74 Å². The Balaban J connectivity index is 1.86. The molecule has 0 unspecified atom stereocenters. The molecule has 0 aliphatic carbocycles. The van der Waals surface area contributed by atoms with Crippen LogP contribution in [0.5, 0.6) is 0 Å². The van der Waals surface area contributed by atoms with E-state index in [1.54, 1.807) is 19.1 Å². The molecule has 0 saturated carbocycles. The number of sulfonamides is 1. The van der Waals surface area contributed by atoms with E-state index in [0.29, 0.717) is 19.6 Å². The fraction of sp³-hybridized carbons (Fsp3) is 0.600. The van der Waals surface area contributed by atoms with Crippen molar-refractivity contribution < 1.29 is 17.5 Å². The van der Waals surface area contributed by atoms with Crippen molar-refractivity contribution in [1.82, 2.24) is 4.72 Å². The lowest BCUT2D eigenvalue weighted by Crippen LogP contribution is -2.38. The van der Waals surface area contributed by atoms with Crippen LogP contribution >= 0.6 is 0 Å². The van der Waals surface area contributed by atoms with Crippen molar-refractivity contribution in [3.63, 3.8) is 0 Å². The van der Waals surface area contributed by atoms with E-state index in [2.05, 4.69) is 4.72 Å². The zero-order valence-corrected chi connectivity index (χ0v) is 13.0. The largest absolute Gasteiger partial charge is 0.381 e. The first kappa shape index (κ1) is 16.4. The Labute approximate surface area is 125 Å². The van der Waals surface area contributed by atoms with E-state index in [9.17, 15) is 12.8 Å². The van der Waals surface area contributed by atoms with Gasteiger partial charge in [-0.05, 0) is 49.8 Å². The normalized spacial score (nSPS) is 18.6. The number of ether oxygens (including phenoxy) is 1. The third-order valence-corrected chi connectivity index (χ3v) is 5.28. The molecule has 4 nitrogen and oxygen atoms in total. The molecule has 0 bridgehead atoms. The minimum atomic E-state index is -3.31. The molecule has 6 heteroatoms. The lowest BCUT2D eigenvalue weighted by Gasteiger charge is -2.23. The number of nitrogens with one attached hydrogen (secondary N) is 1. The number of hydrogen-bond donors (Lipinski definition) is 1. The van der Waals surface area contributed by atoms with E-state index < -0.39 is 10.0 Å². The molecular weight excluding hydrogens is 293 g/mol. The van der Waals surface area contributed by atoms with E-state index in [0.717, 1.165) is 18.4 Å². The van der Waals surface area contributed by atoms with Crippen LogP contribution in [0, 0.1) is 11.7 Å². The summed E-state index contributed by atoms with van der Waals surface area (Å²) in [7, 11) is -3.31. The minimum absolute atomic E-state index is 0.143. The quantitative estimate of drug-likeness (QED) is 0.875. The van der Waals surface area contributed by atoms with Crippen LogP contribution in [0.4, 0.5) is 4.39 Å². The predicted molar refractivity (Wildman–Crippen MR) is 80.0 cm³/mol. The second-order valence-corrected chi connectivity index (χ2v) is 7.49. The molecule has 1 heterocycles. The number of benzene rings is 1. The molecule has 0 amide bonds. The van der Waals surface area contributed by atoms with Crippen molar-refractivity contribution in [2.45, 2.75) is 32.2 Å². The van der Waals surface area contributed by atoms with Gasteiger partial charge in [-0.2, -0.15) is 0 Å². The monoisotopic (exact) mass is 315 g/mol. The van der Waals surface area contributed by atoms with Gasteiger partial charge >= 0.3 is 0 Å². The van der Waals surface area contributed by atoms with Gasteiger partial charge in [0.25, 0.3) is 0 Å². The second kappa shape index (κ2) is 7.33. The number of rotatable bonds is 6. The summed E-state index contributed by atoms with van der Waals surface area (Å²) in [5, 5.41) is 0. The van der Waals surface area contributed by atoms with Gasteiger partial charge in [-0.1, -0.05) is 12.1 Å². The highest BCUT2D eigenvalue weighted by atomic mass is 32.2. The molecule has 2 rings (SSSR count). The van der Waals surface area contributed by atoms with Gasteiger partial charge in [-0.15, -0.1) is 0 Å². The van der Waals surface area contributed by atoms with Crippen molar-refractivity contribution >= 4 is 10.0 Å². The number of halogens is 1. The van der Waals surface area contributed by atoms with Crippen LogP contribution in [0.25, 0.3) is 0 Å². The average molecular weight is 315 g/mol. The van der Waals surface area contributed by atoms with E-state index in [-0.39, 0.29) is 23.5 Å². The molecule has 0 aromatic heterocycles. The summed E-state index contributed by atoms with van der Waals surface area (Å²) >= 11 is 0.